The second kappa shape index (κ2) is 17.6. The first-order valence-corrected chi connectivity index (χ1v) is 20.8. The van der Waals surface area contributed by atoms with Crippen molar-refractivity contribution < 1.29 is 28.7 Å². The number of hydrogen-bond acceptors (Lipinski definition) is 8. The van der Waals surface area contributed by atoms with Crippen molar-refractivity contribution in [1.29, 1.82) is 0 Å². The van der Waals surface area contributed by atoms with E-state index in [1.807, 2.05) is 49.8 Å². The normalized spacial score (nSPS) is 20.1. The van der Waals surface area contributed by atoms with Gasteiger partial charge in [-0.05, 0) is 76.5 Å². The molecule has 14 nitrogen and oxygen atoms in total. The van der Waals surface area contributed by atoms with Gasteiger partial charge in [0.15, 0.2) is 0 Å². The minimum Gasteiger partial charge on any atom is -0.453 e. The summed E-state index contributed by atoms with van der Waals surface area (Å²) in [7, 11) is 2.59. The Balaban J connectivity index is 1.03. The molecule has 14 heteroatoms. The van der Waals surface area contributed by atoms with E-state index in [2.05, 4.69) is 95.1 Å². The minimum atomic E-state index is -0.701. The summed E-state index contributed by atoms with van der Waals surface area (Å²) in [5.41, 5.74) is 7.82. The lowest BCUT2D eigenvalue weighted by Crippen LogP contribution is -2.51. The van der Waals surface area contributed by atoms with Crippen molar-refractivity contribution in [3.8, 4) is 33.5 Å². The molecule has 60 heavy (non-hydrogen) atoms. The molecule has 0 radical (unpaired) electrons. The molecule has 2 aliphatic rings. The Labute approximate surface area is 350 Å². The number of nitrogens with zero attached hydrogens (tertiary/aromatic N) is 4. The fraction of sp³-hybridized carbons (Fsp3) is 0.435. The Morgan fingerprint density at radius 3 is 1.58 bits per heavy atom. The van der Waals surface area contributed by atoms with E-state index in [1.165, 1.54) is 14.2 Å². The number of aromatic amines is 2. The zero-order valence-electron chi connectivity index (χ0n) is 35.6. The second-order valence-corrected chi connectivity index (χ2v) is 17.1. The number of carbonyl (C=O) groups is 4. The van der Waals surface area contributed by atoms with Crippen LogP contribution in [0.25, 0.3) is 44.5 Å². The number of carbonyl (C=O) groups excluding carboxylic acids is 4. The number of hydrogen-bond donors (Lipinski definition) is 4. The number of ether oxygens (including phenoxy) is 2. The summed E-state index contributed by atoms with van der Waals surface area (Å²) in [6, 6.07) is 21.1. The van der Waals surface area contributed by atoms with Crippen LogP contribution in [0.15, 0.2) is 72.9 Å². The molecule has 6 atom stereocenters. The van der Waals surface area contributed by atoms with Gasteiger partial charge in [0.05, 0.1) is 49.2 Å². The number of likely N-dealkylation sites (tertiary alicyclic amines) is 2. The van der Waals surface area contributed by atoms with Crippen LogP contribution < -0.4 is 10.6 Å². The van der Waals surface area contributed by atoms with Gasteiger partial charge >= 0.3 is 12.2 Å². The van der Waals surface area contributed by atoms with E-state index in [-0.39, 0.29) is 47.6 Å². The van der Waals surface area contributed by atoms with Crippen LogP contribution in [0.4, 0.5) is 9.59 Å². The highest BCUT2D eigenvalue weighted by molar-refractivity contribution is 5.88. The molecule has 2 saturated heterocycles. The summed E-state index contributed by atoms with van der Waals surface area (Å²) in [4.78, 5) is 71.8. The van der Waals surface area contributed by atoms with E-state index in [4.69, 9.17) is 19.4 Å². The summed E-state index contributed by atoms with van der Waals surface area (Å²) in [6.45, 7) is 13.0. The first kappa shape index (κ1) is 42.0. The average molecular weight is 817 g/mol. The minimum absolute atomic E-state index is 0.113. The van der Waals surface area contributed by atoms with Crippen molar-refractivity contribution in [2.45, 2.75) is 78.6 Å². The topological polar surface area (TPSA) is 175 Å². The predicted octanol–water partition coefficient (Wildman–Crippen LogP) is 7.87. The number of fused-ring (bicyclic) bond motifs is 1. The van der Waals surface area contributed by atoms with Crippen LogP contribution in [0.5, 0.6) is 0 Å². The maximum atomic E-state index is 13.8. The second-order valence-electron chi connectivity index (χ2n) is 17.1. The lowest BCUT2D eigenvalue weighted by atomic mass is 9.99. The van der Waals surface area contributed by atoms with Gasteiger partial charge in [0, 0.05) is 13.1 Å². The van der Waals surface area contributed by atoms with Gasteiger partial charge in [0.1, 0.15) is 23.7 Å². The van der Waals surface area contributed by atoms with Gasteiger partial charge in [-0.2, -0.15) is 0 Å². The molecule has 0 saturated carbocycles. The summed E-state index contributed by atoms with van der Waals surface area (Å²) < 4.78 is 9.58. The highest BCUT2D eigenvalue weighted by atomic mass is 16.5. The first-order chi connectivity index (χ1) is 28.7. The van der Waals surface area contributed by atoms with Gasteiger partial charge in [-0.25, -0.2) is 19.6 Å². The molecule has 0 aliphatic carbocycles. The molecule has 5 aromatic rings. The zero-order valence-corrected chi connectivity index (χ0v) is 35.6. The molecule has 0 unspecified atom stereocenters. The van der Waals surface area contributed by atoms with Crippen LogP contribution in [0.3, 0.4) is 0 Å². The third-order valence-corrected chi connectivity index (χ3v) is 11.8. The Morgan fingerprint density at radius 2 is 1.10 bits per heavy atom. The van der Waals surface area contributed by atoms with Crippen molar-refractivity contribution in [1.82, 2.24) is 40.4 Å². The maximum Gasteiger partial charge on any atom is 0.407 e. The monoisotopic (exact) mass is 816 g/mol. The third-order valence-electron chi connectivity index (χ3n) is 11.8. The molecule has 2 aromatic heterocycles. The van der Waals surface area contributed by atoms with Crippen LogP contribution >= 0.6 is 0 Å². The lowest BCUT2D eigenvalue weighted by molar-refractivity contribution is -0.136. The van der Waals surface area contributed by atoms with E-state index in [9.17, 15) is 19.2 Å². The van der Waals surface area contributed by atoms with Gasteiger partial charge in [0.25, 0.3) is 0 Å². The third kappa shape index (κ3) is 8.73. The van der Waals surface area contributed by atoms with Crippen LogP contribution in [-0.4, -0.2) is 93.1 Å². The van der Waals surface area contributed by atoms with E-state index < -0.39 is 24.3 Å². The van der Waals surface area contributed by atoms with Crippen LogP contribution in [0.2, 0.25) is 0 Å². The number of amides is 4. The van der Waals surface area contributed by atoms with Gasteiger partial charge in [-0.1, -0.05) is 96.1 Å². The molecular formula is C46H56N8O6. The number of rotatable bonds is 11. The van der Waals surface area contributed by atoms with Gasteiger partial charge < -0.3 is 39.9 Å². The molecule has 7 rings (SSSR count). The average Bonchev–Trinajstić information content (AvgIpc) is 4.06. The molecule has 3 aromatic carbocycles. The standard InChI is InChI=1S/C46H56N8O6/c1-25(2)39(51-45(57)59-7)43(55)53-23-27(5)19-37(53)41-47-22-36(50-41)32-15-13-30(14-16-32)29-9-11-31(12-10-29)33-17-18-34-35(21-33)49-42(48-34)38-20-28(6)24-54(38)44(56)40(26(3)4)52-46(58)60-8/h9-18,21-22,25-28,37-40H,19-20,23-24H2,1-8H3,(H,47,50)(H,48,49)(H,51,57)(H,52,58)/t27-,28-,37-,38+,39-,40-/m0/s1. The van der Waals surface area contributed by atoms with Gasteiger partial charge in [0.2, 0.25) is 11.8 Å². The van der Waals surface area contributed by atoms with E-state index in [0.717, 1.165) is 69.0 Å². The van der Waals surface area contributed by atoms with Crippen molar-refractivity contribution in [2.75, 3.05) is 27.3 Å². The Kier molecular flexibility index (Phi) is 12.3. The Bertz CT molecular complexity index is 2330. The Morgan fingerprint density at radius 1 is 0.650 bits per heavy atom. The molecular weight excluding hydrogens is 761 g/mol. The van der Waals surface area contributed by atoms with Crippen molar-refractivity contribution in [2.24, 2.45) is 23.7 Å². The van der Waals surface area contributed by atoms with E-state index in [0.29, 0.717) is 13.1 Å². The smallest absolute Gasteiger partial charge is 0.407 e. The molecule has 4 N–H and O–H groups in total. The number of nitrogens with one attached hydrogen (secondary N) is 4. The quantitative estimate of drug-likeness (QED) is 0.104. The predicted molar refractivity (Wildman–Crippen MR) is 229 cm³/mol. The SMILES string of the molecule is COC(=O)N[C@H](C(=O)N1C[C@@H](C)C[C@@H]1c1nc2ccc(-c3ccc(-c4ccc(-c5cnc([C@@H]6C[C@H](C)CN6C(=O)[C@@H](NC(=O)OC)C(C)C)[nH]5)cc4)cc3)cc2[nH]1)C(C)C. The van der Waals surface area contributed by atoms with Crippen molar-refractivity contribution >= 4 is 35.0 Å². The molecule has 2 aliphatic heterocycles. The van der Waals surface area contributed by atoms with Gasteiger partial charge in [-0.15, -0.1) is 0 Å². The molecule has 0 spiro atoms. The van der Waals surface area contributed by atoms with Crippen LogP contribution in [0.1, 0.15) is 78.1 Å². The largest absolute Gasteiger partial charge is 0.453 e. The zero-order chi connectivity index (χ0) is 42.8. The maximum absolute atomic E-state index is 13.8. The van der Waals surface area contributed by atoms with Crippen LogP contribution in [-0.2, 0) is 19.1 Å². The van der Waals surface area contributed by atoms with Crippen molar-refractivity contribution in [3.63, 3.8) is 0 Å². The molecule has 4 amide bonds. The molecule has 316 valence electrons. The number of imidazole rings is 2. The molecule has 4 heterocycles. The Hall–Kier alpha value is -6.18. The van der Waals surface area contributed by atoms with Crippen molar-refractivity contribution in [3.05, 3.63) is 84.6 Å². The summed E-state index contributed by atoms with van der Waals surface area (Å²) in [5.74, 6) is 1.51. The number of H-pyrrole nitrogens is 2. The van der Waals surface area contributed by atoms with Gasteiger partial charge in [-0.3, -0.25) is 9.59 Å². The number of alkyl carbamates (subject to hydrolysis) is 2. The van der Waals surface area contributed by atoms with E-state index >= 15 is 0 Å². The first-order valence-electron chi connectivity index (χ1n) is 20.8. The summed E-state index contributed by atoms with van der Waals surface area (Å²) in [5, 5.41) is 5.44. The lowest BCUT2D eigenvalue weighted by Gasteiger charge is -2.30. The summed E-state index contributed by atoms with van der Waals surface area (Å²) in [6.07, 6.45) is 2.10. The molecule has 2 fully saturated rings. The number of benzene rings is 3. The highest BCUT2D eigenvalue weighted by Crippen LogP contribution is 2.38. The number of methoxy groups -OCH3 is 2. The number of aromatic nitrogens is 4. The summed E-state index contributed by atoms with van der Waals surface area (Å²) >= 11 is 0. The fourth-order valence-electron chi connectivity index (χ4n) is 8.57. The fourth-order valence-corrected chi connectivity index (χ4v) is 8.57. The highest BCUT2D eigenvalue weighted by Gasteiger charge is 2.41. The molecule has 0 bridgehead atoms. The van der Waals surface area contributed by atoms with Crippen LogP contribution in [0, 0.1) is 23.7 Å². The van der Waals surface area contributed by atoms with E-state index in [1.54, 1.807) is 0 Å².